The highest BCUT2D eigenvalue weighted by Crippen LogP contribution is 2.44. The molecule has 0 radical (unpaired) electrons. The van der Waals surface area contributed by atoms with Gasteiger partial charge in [-0.15, -0.1) is 0 Å². The molecule has 1 saturated carbocycles. The first-order valence-corrected chi connectivity index (χ1v) is 9.10. The number of esters is 1. The molecule has 3 unspecified atom stereocenters. The Hall–Kier alpha value is -2.88. The Bertz CT molecular complexity index is 777. The standard InChI is InChI=1S/C20H22N2O5/c1-27-20(26)15-10-16(19(24)25)22(18(23)14-4-2-3-5-14)17(15)13-8-6-12(11-21)7-9-13/h6-9,14-17H,2-5,10H2,1H3,(H,24,25). The van der Waals surface area contributed by atoms with Crippen molar-refractivity contribution in [3.8, 4) is 6.07 Å². The van der Waals surface area contributed by atoms with Crippen LogP contribution in [0.4, 0.5) is 0 Å². The molecule has 1 aromatic carbocycles. The normalized spacial score (nSPS) is 25.2. The summed E-state index contributed by atoms with van der Waals surface area (Å²) >= 11 is 0. The van der Waals surface area contributed by atoms with E-state index in [0.29, 0.717) is 11.1 Å². The number of carboxylic acid groups (broad SMARTS) is 1. The van der Waals surface area contributed by atoms with E-state index < -0.39 is 29.9 Å². The number of carbonyl (C=O) groups is 3. The van der Waals surface area contributed by atoms with Crippen molar-refractivity contribution in [1.29, 1.82) is 5.26 Å². The summed E-state index contributed by atoms with van der Waals surface area (Å²) in [7, 11) is 1.26. The minimum atomic E-state index is -1.12. The van der Waals surface area contributed by atoms with Gasteiger partial charge in [-0.2, -0.15) is 5.26 Å². The maximum Gasteiger partial charge on any atom is 0.326 e. The quantitative estimate of drug-likeness (QED) is 0.815. The van der Waals surface area contributed by atoms with Gasteiger partial charge in [0.2, 0.25) is 5.91 Å². The van der Waals surface area contributed by atoms with Gasteiger partial charge in [0.15, 0.2) is 0 Å². The number of ether oxygens (including phenoxy) is 1. The maximum absolute atomic E-state index is 13.2. The Balaban J connectivity index is 2.04. The lowest BCUT2D eigenvalue weighted by Crippen LogP contribution is -2.44. The summed E-state index contributed by atoms with van der Waals surface area (Å²) in [5.74, 6) is -2.82. The van der Waals surface area contributed by atoms with Gasteiger partial charge in [-0.05, 0) is 37.0 Å². The summed E-state index contributed by atoms with van der Waals surface area (Å²) in [6, 6.07) is 6.83. The molecule has 1 aliphatic heterocycles. The van der Waals surface area contributed by atoms with Gasteiger partial charge in [0.05, 0.1) is 30.7 Å². The molecular formula is C20H22N2O5. The summed E-state index contributed by atoms with van der Waals surface area (Å²) in [5.41, 5.74) is 1.09. The number of nitriles is 1. The van der Waals surface area contributed by atoms with Crippen molar-refractivity contribution in [1.82, 2.24) is 4.90 Å². The first-order valence-electron chi connectivity index (χ1n) is 9.10. The summed E-state index contributed by atoms with van der Waals surface area (Å²) in [4.78, 5) is 38.8. The van der Waals surface area contributed by atoms with Crippen molar-refractivity contribution in [2.24, 2.45) is 11.8 Å². The third kappa shape index (κ3) is 3.52. The van der Waals surface area contributed by atoms with Crippen molar-refractivity contribution in [3.63, 3.8) is 0 Å². The van der Waals surface area contributed by atoms with Gasteiger partial charge < -0.3 is 14.7 Å². The van der Waals surface area contributed by atoms with E-state index in [2.05, 4.69) is 0 Å². The van der Waals surface area contributed by atoms with Crippen LogP contribution in [0.3, 0.4) is 0 Å². The number of rotatable bonds is 4. The smallest absolute Gasteiger partial charge is 0.326 e. The Morgan fingerprint density at radius 1 is 1.19 bits per heavy atom. The molecule has 3 atom stereocenters. The number of hydrogen-bond donors (Lipinski definition) is 1. The van der Waals surface area contributed by atoms with Crippen molar-refractivity contribution in [3.05, 3.63) is 35.4 Å². The highest BCUT2D eigenvalue weighted by Gasteiger charge is 2.52. The second kappa shape index (κ2) is 7.78. The summed E-state index contributed by atoms with van der Waals surface area (Å²) in [5, 5.41) is 18.7. The molecule has 142 valence electrons. The van der Waals surface area contributed by atoms with Crippen LogP contribution in [-0.4, -0.2) is 41.0 Å². The molecular weight excluding hydrogens is 348 g/mol. The van der Waals surface area contributed by atoms with Crippen LogP contribution in [0, 0.1) is 23.2 Å². The lowest BCUT2D eigenvalue weighted by atomic mass is 9.92. The summed E-state index contributed by atoms with van der Waals surface area (Å²) < 4.78 is 4.89. The number of benzene rings is 1. The summed E-state index contributed by atoms with van der Waals surface area (Å²) in [6.45, 7) is 0. The predicted octanol–water partition coefficient (Wildman–Crippen LogP) is 2.26. The van der Waals surface area contributed by atoms with E-state index in [0.717, 1.165) is 25.7 Å². The minimum absolute atomic E-state index is 0.0190. The molecule has 1 heterocycles. The van der Waals surface area contributed by atoms with Crippen LogP contribution in [0.2, 0.25) is 0 Å². The Labute approximate surface area is 157 Å². The van der Waals surface area contributed by atoms with Crippen molar-refractivity contribution in [2.45, 2.75) is 44.2 Å². The van der Waals surface area contributed by atoms with Crippen molar-refractivity contribution < 1.29 is 24.2 Å². The molecule has 0 bridgehead atoms. The molecule has 1 aromatic rings. The van der Waals surface area contributed by atoms with E-state index in [4.69, 9.17) is 10.00 Å². The van der Waals surface area contributed by atoms with E-state index in [1.165, 1.54) is 12.0 Å². The fraction of sp³-hybridized carbons (Fsp3) is 0.500. The molecule has 27 heavy (non-hydrogen) atoms. The van der Waals surface area contributed by atoms with Crippen LogP contribution in [-0.2, 0) is 19.1 Å². The van der Waals surface area contributed by atoms with E-state index in [1.54, 1.807) is 24.3 Å². The van der Waals surface area contributed by atoms with Gasteiger partial charge in [-0.3, -0.25) is 9.59 Å². The molecule has 7 heteroatoms. The van der Waals surface area contributed by atoms with Gasteiger partial charge in [0.1, 0.15) is 6.04 Å². The van der Waals surface area contributed by atoms with Gasteiger partial charge in [0, 0.05) is 5.92 Å². The highest BCUT2D eigenvalue weighted by molar-refractivity contribution is 5.89. The fourth-order valence-electron chi connectivity index (χ4n) is 4.29. The van der Waals surface area contributed by atoms with Crippen molar-refractivity contribution in [2.75, 3.05) is 7.11 Å². The zero-order chi connectivity index (χ0) is 19.6. The lowest BCUT2D eigenvalue weighted by Gasteiger charge is -2.32. The number of carbonyl (C=O) groups excluding carboxylic acids is 2. The largest absolute Gasteiger partial charge is 0.480 e. The van der Waals surface area contributed by atoms with Gasteiger partial charge >= 0.3 is 11.9 Å². The third-order valence-corrected chi connectivity index (χ3v) is 5.62. The van der Waals surface area contributed by atoms with Crippen LogP contribution < -0.4 is 0 Å². The molecule has 7 nitrogen and oxygen atoms in total. The molecule has 1 amide bonds. The van der Waals surface area contributed by atoms with Crippen LogP contribution in [0.1, 0.15) is 49.3 Å². The number of nitrogens with zero attached hydrogens (tertiary/aromatic N) is 2. The molecule has 2 fully saturated rings. The monoisotopic (exact) mass is 370 g/mol. The van der Waals surface area contributed by atoms with Crippen LogP contribution >= 0.6 is 0 Å². The molecule has 1 N–H and O–H groups in total. The number of carboxylic acids is 1. The van der Waals surface area contributed by atoms with Gasteiger partial charge in [-0.25, -0.2) is 4.79 Å². The topological polar surface area (TPSA) is 108 Å². The Kier molecular flexibility index (Phi) is 5.45. The zero-order valence-electron chi connectivity index (χ0n) is 15.1. The fourth-order valence-corrected chi connectivity index (χ4v) is 4.29. The number of hydrogen-bond acceptors (Lipinski definition) is 5. The number of amides is 1. The molecule has 2 aliphatic rings. The zero-order valence-corrected chi connectivity index (χ0v) is 15.1. The number of likely N-dealkylation sites (tertiary alicyclic amines) is 1. The van der Waals surface area contributed by atoms with Crippen LogP contribution in [0.25, 0.3) is 0 Å². The second-order valence-electron chi connectivity index (χ2n) is 7.12. The van der Waals surface area contributed by atoms with E-state index in [1.807, 2.05) is 6.07 Å². The molecule has 1 saturated heterocycles. The van der Waals surface area contributed by atoms with Gasteiger partial charge in [-0.1, -0.05) is 25.0 Å². The van der Waals surface area contributed by atoms with Crippen LogP contribution in [0.15, 0.2) is 24.3 Å². The number of aliphatic carboxylic acids is 1. The SMILES string of the molecule is COC(=O)C1CC(C(=O)O)N(C(=O)C2CCCC2)C1c1ccc(C#N)cc1. The van der Waals surface area contributed by atoms with E-state index >= 15 is 0 Å². The molecule has 0 aromatic heterocycles. The maximum atomic E-state index is 13.2. The highest BCUT2D eigenvalue weighted by atomic mass is 16.5. The Morgan fingerprint density at radius 2 is 1.81 bits per heavy atom. The third-order valence-electron chi connectivity index (χ3n) is 5.62. The Morgan fingerprint density at radius 3 is 2.33 bits per heavy atom. The summed E-state index contributed by atoms with van der Waals surface area (Å²) in [6.07, 6.45) is 3.40. The van der Waals surface area contributed by atoms with Crippen LogP contribution in [0.5, 0.6) is 0 Å². The molecule has 3 rings (SSSR count). The number of methoxy groups -OCH3 is 1. The minimum Gasteiger partial charge on any atom is -0.480 e. The average Bonchev–Trinajstić information content (AvgIpc) is 3.35. The van der Waals surface area contributed by atoms with E-state index in [9.17, 15) is 19.5 Å². The molecule has 1 aliphatic carbocycles. The average molecular weight is 370 g/mol. The van der Waals surface area contributed by atoms with E-state index in [-0.39, 0.29) is 18.2 Å². The molecule has 0 spiro atoms. The first-order chi connectivity index (χ1) is 13.0. The lowest BCUT2D eigenvalue weighted by molar-refractivity contribution is -0.152. The van der Waals surface area contributed by atoms with Crippen molar-refractivity contribution >= 4 is 17.8 Å². The first kappa shape index (κ1) is 18.9. The van der Waals surface area contributed by atoms with Gasteiger partial charge in [0.25, 0.3) is 0 Å². The second-order valence-corrected chi connectivity index (χ2v) is 7.12. The predicted molar refractivity (Wildman–Crippen MR) is 94.2 cm³/mol.